The van der Waals surface area contributed by atoms with Crippen LogP contribution in [0.25, 0.3) is 0 Å². The summed E-state index contributed by atoms with van der Waals surface area (Å²) >= 11 is 15.2. The molecule has 0 aliphatic carbocycles. The summed E-state index contributed by atoms with van der Waals surface area (Å²) in [5.74, 6) is -0.249. The van der Waals surface area contributed by atoms with Gasteiger partial charge in [-0.2, -0.15) is 0 Å². The molecule has 0 atom stereocenters. The molecule has 2 nitrogen and oxygen atoms in total. The summed E-state index contributed by atoms with van der Waals surface area (Å²) in [5.41, 5.74) is 6.94. The monoisotopic (exact) mass is 343 g/mol. The smallest absolute Gasteiger partial charge is 0.196 e. The third kappa shape index (κ3) is 2.69. The summed E-state index contributed by atoms with van der Waals surface area (Å²) < 4.78 is 0.776. The van der Waals surface area contributed by atoms with E-state index >= 15 is 0 Å². The van der Waals surface area contributed by atoms with Gasteiger partial charge in [-0.25, -0.2) is 0 Å². The van der Waals surface area contributed by atoms with Crippen molar-refractivity contribution in [2.24, 2.45) is 0 Å². The Labute approximate surface area is 123 Å². The number of hydrogen-bond donors (Lipinski definition) is 1. The lowest BCUT2D eigenvalue weighted by Crippen LogP contribution is -2.06. The molecule has 5 heteroatoms. The fraction of sp³-hybridized carbons (Fsp3) is 0. The second-order valence-electron chi connectivity index (χ2n) is 3.68. The van der Waals surface area contributed by atoms with Crippen LogP contribution in [0.2, 0.25) is 10.0 Å². The number of carbonyl (C=O) groups excluding carboxylic acids is 1. The molecule has 0 aliphatic rings. The Morgan fingerprint density at radius 3 is 2.50 bits per heavy atom. The SMILES string of the molecule is Nc1ccc(Br)cc1C(=O)c1cc(Cl)ccc1Cl. The maximum atomic E-state index is 12.3. The number of benzene rings is 2. The Kier molecular flexibility index (Phi) is 3.95. The fourth-order valence-corrected chi connectivity index (χ4v) is 2.28. The van der Waals surface area contributed by atoms with E-state index in [9.17, 15) is 4.79 Å². The van der Waals surface area contributed by atoms with Gasteiger partial charge in [0, 0.05) is 26.3 Å². The van der Waals surface area contributed by atoms with Crippen molar-refractivity contribution in [2.75, 3.05) is 5.73 Å². The lowest BCUT2D eigenvalue weighted by atomic mass is 10.0. The maximum absolute atomic E-state index is 12.3. The number of nitrogens with two attached hydrogens (primary N) is 1. The predicted molar refractivity (Wildman–Crippen MR) is 78.4 cm³/mol. The van der Waals surface area contributed by atoms with Gasteiger partial charge in [-0.15, -0.1) is 0 Å². The van der Waals surface area contributed by atoms with Gasteiger partial charge in [0.1, 0.15) is 0 Å². The average molecular weight is 345 g/mol. The first-order chi connectivity index (χ1) is 8.49. The molecule has 2 aromatic rings. The van der Waals surface area contributed by atoms with Crippen molar-refractivity contribution in [3.05, 3.63) is 62.0 Å². The molecule has 0 saturated carbocycles. The molecule has 0 radical (unpaired) electrons. The lowest BCUT2D eigenvalue weighted by molar-refractivity contribution is 0.103. The van der Waals surface area contributed by atoms with E-state index in [0.717, 1.165) is 4.47 Å². The topological polar surface area (TPSA) is 43.1 Å². The van der Waals surface area contributed by atoms with E-state index in [2.05, 4.69) is 15.9 Å². The molecule has 0 saturated heterocycles. The Hall–Kier alpha value is -1.03. The molecule has 0 bridgehead atoms. The van der Waals surface area contributed by atoms with E-state index in [1.165, 1.54) is 6.07 Å². The van der Waals surface area contributed by atoms with Crippen LogP contribution in [0.1, 0.15) is 15.9 Å². The molecule has 0 fully saturated rings. The highest BCUT2D eigenvalue weighted by atomic mass is 79.9. The fourth-order valence-electron chi connectivity index (χ4n) is 1.54. The van der Waals surface area contributed by atoms with Gasteiger partial charge in [0.25, 0.3) is 0 Å². The molecular formula is C13H8BrCl2NO. The summed E-state index contributed by atoms with van der Waals surface area (Å²) in [4.78, 5) is 12.3. The van der Waals surface area contributed by atoms with Gasteiger partial charge in [0.2, 0.25) is 0 Å². The molecule has 2 aromatic carbocycles. The van der Waals surface area contributed by atoms with Crippen LogP contribution in [-0.2, 0) is 0 Å². The summed E-state index contributed by atoms with van der Waals surface area (Å²) in [5, 5.41) is 0.806. The third-order valence-electron chi connectivity index (χ3n) is 2.43. The molecule has 0 aliphatic heterocycles. The number of halogens is 3. The highest BCUT2D eigenvalue weighted by molar-refractivity contribution is 9.10. The Morgan fingerprint density at radius 1 is 1.06 bits per heavy atom. The third-order valence-corrected chi connectivity index (χ3v) is 3.49. The van der Waals surface area contributed by atoms with Crippen LogP contribution in [0.15, 0.2) is 40.9 Å². The molecule has 0 unspecified atom stereocenters. The molecule has 0 aromatic heterocycles. The second kappa shape index (κ2) is 5.31. The minimum absolute atomic E-state index is 0.249. The number of anilines is 1. The number of ketones is 1. The number of nitrogen functional groups attached to an aromatic ring is 1. The van der Waals surface area contributed by atoms with E-state index in [0.29, 0.717) is 26.9 Å². The lowest BCUT2D eigenvalue weighted by Gasteiger charge is -2.07. The predicted octanol–water partition coefficient (Wildman–Crippen LogP) is 4.57. The first kappa shape index (κ1) is 13.4. The maximum Gasteiger partial charge on any atom is 0.196 e. The Morgan fingerprint density at radius 2 is 1.78 bits per heavy atom. The molecule has 18 heavy (non-hydrogen) atoms. The highest BCUT2D eigenvalue weighted by Crippen LogP contribution is 2.27. The van der Waals surface area contributed by atoms with Gasteiger partial charge in [0.15, 0.2) is 5.78 Å². The van der Waals surface area contributed by atoms with E-state index in [-0.39, 0.29) is 5.78 Å². The number of rotatable bonds is 2. The van der Waals surface area contributed by atoms with Gasteiger partial charge >= 0.3 is 0 Å². The second-order valence-corrected chi connectivity index (χ2v) is 5.44. The molecule has 2 rings (SSSR count). The van der Waals surface area contributed by atoms with Gasteiger partial charge < -0.3 is 5.73 Å². The minimum atomic E-state index is -0.249. The first-order valence-corrected chi connectivity index (χ1v) is 6.58. The molecule has 2 N–H and O–H groups in total. The zero-order valence-electron chi connectivity index (χ0n) is 9.08. The minimum Gasteiger partial charge on any atom is -0.398 e. The van der Waals surface area contributed by atoms with Gasteiger partial charge in [-0.1, -0.05) is 39.1 Å². The van der Waals surface area contributed by atoms with Crippen molar-refractivity contribution < 1.29 is 4.79 Å². The number of carbonyl (C=O) groups is 1. The van der Waals surface area contributed by atoms with Crippen LogP contribution >= 0.6 is 39.1 Å². The zero-order valence-corrected chi connectivity index (χ0v) is 12.2. The summed E-state index contributed by atoms with van der Waals surface area (Å²) in [7, 11) is 0. The van der Waals surface area contributed by atoms with E-state index in [1.807, 2.05) is 0 Å². The standard InChI is InChI=1S/C13H8BrCl2NO/c14-7-1-4-12(17)10(5-7)13(18)9-6-8(15)2-3-11(9)16/h1-6H,17H2. The largest absolute Gasteiger partial charge is 0.398 e. The molecule has 0 amide bonds. The molecule has 0 heterocycles. The first-order valence-electron chi connectivity index (χ1n) is 5.04. The van der Waals surface area contributed by atoms with E-state index < -0.39 is 0 Å². The summed E-state index contributed by atoms with van der Waals surface area (Å²) in [6, 6.07) is 9.85. The van der Waals surface area contributed by atoms with Crippen LogP contribution in [0, 0.1) is 0 Å². The van der Waals surface area contributed by atoms with Crippen LogP contribution in [0.4, 0.5) is 5.69 Å². The van der Waals surface area contributed by atoms with Crippen LogP contribution in [0.5, 0.6) is 0 Å². The van der Waals surface area contributed by atoms with E-state index in [4.69, 9.17) is 28.9 Å². The number of hydrogen-bond acceptors (Lipinski definition) is 2. The van der Waals surface area contributed by atoms with Crippen LogP contribution in [0.3, 0.4) is 0 Å². The Balaban J connectivity index is 2.54. The van der Waals surface area contributed by atoms with Crippen molar-refractivity contribution >= 4 is 50.6 Å². The average Bonchev–Trinajstić information content (AvgIpc) is 2.34. The van der Waals surface area contributed by atoms with Gasteiger partial charge in [-0.3, -0.25) is 4.79 Å². The van der Waals surface area contributed by atoms with Crippen LogP contribution in [-0.4, -0.2) is 5.78 Å². The molecular weight excluding hydrogens is 337 g/mol. The van der Waals surface area contributed by atoms with Crippen molar-refractivity contribution in [3.8, 4) is 0 Å². The Bertz CT molecular complexity index is 575. The normalized spacial score (nSPS) is 10.4. The zero-order chi connectivity index (χ0) is 13.3. The van der Waals surface area contributed by atoms with Crippen molar-refractivity contribution in [2.45, 2.75) is 0 Å². The van der Waals surface area contributed by atoms with Crippen molar-refractivity contribution in [1.82, 2.24) is 0 Å². The van der Waals surface area contributed by atoms with Crippen molar-refractivity contribution in [3.63, 3.8) is 0 Å². The summed E-state index contributed by atoms with van der Waals surface area (Å²) in [6.07, 6.45) is 0. The van der Waals surface area contributed by atoms with Gasteiger partial charge in [0.05, 0.1) is 5.02 Å². The quantitative estimate of drug-likeness (QED) is 0.640. The highest BCUT2D eigenvalue weighted by Gasteiger charge is 2.16. The van der Waals surface area contributed by atoms with Crippen LogP contribution < -0.4 is 5.73 Å². The summed E-state index contributed by atoms with van der Waals surface area (Å²) in [6.45, 7) is 0. The molecule has 0 spiro atoms. The molecule has 92 valence electrons. The van der Waals surface area contributed by atoms with E-state index in [1.54, 1.807) is 30.3 Å². The van der Waals surface area contributed by atoms with Gasteiger partial charge in [-0.05, 0) is 36.4 Å². The van der Waals surface area contributed by atoms with Crippen molar-refractivity contribution in [1.29, 1.82) is 0 Å².